The zero-order valence-electron chi connectivity index (χ0n) is 22.7. The van der Waals surface area contributed by atoms with Crippen molar-refractivity contribution in [2.45, 2.75) is 58.7 Å². The predicted octanol–water partition coefficient (Wildman–Crippen LogP) is 4.37. The number of amides is 1. The Labute approximate surface area is 228 Å². The van der Waals surface area contributed by atoms with E-state index in [1.807, 2.05) is 33.0 Å². The number of anilines is 1. The minimum atomic E-state index is -0.496. The summed E-state index contributed by atoms with van der Waals surface area (Å²) in [5.41, 5.74) is 2.44. The summed E-state index contributed by atoms with van der Waals surface area (Å²) in [6.07, 6.45) is 7.52. The first-order valence-electron chi connectivity index (χ1n) is 13.6. The number of fused-ring (bicyclic) bond motifs is 1. The Hall–Kier alpha value is -3.79. The highest BCUT2D eigenvalue weighted by molar-refractivity contribution is 5.97. The van der Waals surface area contributed by atoms with Gasteiger partial charge in [-0.15, -0.1) is 0 Å². The molecule has 39 heavy (non-hydrogen) atoms. The summed E-state index contributed by atoms with van der Waals surface area (Å²) in [4.78, 5) is 30.2. The van der Waals surface area contributed by atoms with Gasteiger partial charge in [0, 0.05) is 56.8 Å². The molecule has 2 aliphatic rings. The highest BCUT2D eigenvalue weighted by atomic mass is 19.1. The maximum atomic E-state index is 14.2. The molecule has 1 N–H and O–H groups in total. The molecule has 2 aromatic heterocycles. The quantitative estimate of drug-likeness (QED) is 0.456. The Bertz CT molecular complexity index is 1310. The molecule has 0 spiro atoms. The summed E-state index contributed by atoms with van der Waals surface area (Å²) < 4.78 is 26.8. The van der Waals surface area contributed by atoms with Gasteiger partial charge in [-0.05, 0) is 58.0 Å². The fourth-order valence-corrected chi connectivity index (χ4v) is 5.23. The van der Waals surface area contributed by atoms with Gasteiger partial charge < -0.3 is 24.6 Å². The van der Waals surface area contributed by atoms with E-state index in [1.54, 1.807) is 11.1 Å². The van der Waals surface area contributed by atoms with E-state index in [1.165, 1.54) is 30.1 Å². The molecule has 3 aromatic rings. The lowest BCUT2D eigenvalue weighted by molar-refractivity contribution is 0.0713. The Balaban J connectivity index is 1.30. The molecule has 5 rings (SSSR count). The third-order valence-electron chi connectivity index (χ3n) is 7.26. The van der Waals surface area contributed by atoms with Gasteiger partial charge in [-0.25, -0.2) is 14.4 Å². The molecular weight excluding hydrogens is 499 g/mol. The average Bonchev–Trinajstić information content (AvgIpc) is 2.95. The topological polar surface area (TPSA) is 92.7 Å². The minimum Gasteiger partial charge on any atom is -0.490 e. The molecule has 0 atom stereocenters. The van der Waals surface area contributed by atoms with Gasteiger partial charge >= 0.3 is 0 Å². The molecule has 0 aliphatic carbocycles. The Morgan fingerprint density at radius 2 is 2.00 bits per heavy atom. The van der Waals surface area contributed by atoms with E-state index >= 15 is 0 Å². The minimum absolute atomic E-state index is 0.0351. The van der Waals surface area contributed by atoms with Crippen molar-refractivity contribution < 1.29 is 18.7 Å². The van der Waals surface area contributed by atoms with Crippen molar-refractivity contribution in [2.24, 2.45) is 0 Å². The number of nitrogens with zero attached hydrogens (tertiary/aromatic N) is 5. The van der Waals surface area contributed by atoms with Crippen LogP contribution in [-0.2, 0) is 13.0 Å². The van der Waals surface area contributed by atoms with E-state index in [4.69, 9.17) is 9.47 Å². The number of carbonyl (C=O) groups is 1. The van der Waals surface area contributed by atoms with Gasteiger partial charge in [0.1, 0.15) is 29.7 Å². The van der Waals surface area contributed by atoms with Gasteiger partial charge in [-0.1, -0.05) is 0 Å². The van der Waals surface area contributed by atoms with Gasteiger partial charge in [0.15, 0.2) is 11.6 Å². The van der Waals surface area contributed by atoms with Gasteiger partial charge in [0.2, 0.25) is 0 Å². The molecule has 2 aliphatic heterocycles. The number of benzene rings is 1. The molecule has 0 radical (unpaired) electrons. The smallest absolute Gasteiger partial charge is 0.257 e. The first-order valence-corrected chi connectivity index (χ1v) is 13.6. The molecule has 9 nitrogen and oxygen atoms in total. The van der Waals surface area contributed by atoms with Crippen molar-refractivity contribution in [2.75, 3.05) is 31.1 Å². The monoisotopic (exact) mass is 534 g/mol. The Kier molecular flexibility index (Phi) is 8.21. The second-order valence-electron chi connectivity index (χ2n) is 10.1. The van der Waals surface area contributed by atoms with E-state index in [2.05, 4.69) is 25.2 Å². The standard InChI is InChI=1S/C29H35FN6O3/c1-4-36(19(2)3)29(37)23-15-20(30)5-6-25(23)39-27-17-32-18-34-28(27)35-13-9-21(10-14-35)38-26-8-12-33-24-16-31-11-7-22(24)26/h5-6,8,12,15,17-19,21,31H,4,7,9-11,13-14,16H2,1-3H3. The fraction of sp³-hybridized carbons (Fsp3) is 0.448. The fourth-order valence-electron chi connectivity index (χ4n) is 5.23. The van der Waals surface area contributed by atoms with Gasteiger partial charge in [-0.3, -0.25) is 9.78 Å². The van der Waals surface area contributed by atoms with Crippen LogP contribution in [0.2, 0.25) is 0 Å². The van der Waals surface area contributed by atoms with E-state index < -0.39 is 5.82 Å². The number of halogens is 1. The Morgan fingerprint density at radius 3 is 2.77 bits per heavy atom. The zero-order valence-corrected chi connectivity index (χ0v) is 22.7. The number of piperidine rings is 1. The van der Waals surface area contributed by atoms with Crippen LogP contribution >= 0.6 is 0 Å². The van der Waals surface area contributed by atoms with Crippen LogP contribution in [-0.4, -0.2) is 64.1 Å². The molecule has 10 heteroatoms. The van der Waals surface area contributed by atoms with E-state index in [9.17, 15) is 9.18 Å². The van der Waals surface area contributed by atoms with Crippen LogP contribution in [0, 0.1) is 5.82 Å². The number of aromatic nitrogens is 3. The molecule has 0 saturated carbocycles. The van der Waals surface area contributed by atoms with Crippen LogP contribution in [0.1, 0.15) is 55.2 Å². The number of nitrogens with one attached hydrogen (secondary N) is 1. The maximum absolute atomic E-state index is 14.2. The van der Waals surface area contributed by atoms with Gasteiger partial charge in [-0.2, -0.15) is 0 Å². The van der Waals surface area contributed by atoms with Crippen LogP contribution in [0.4, 0.5) is 10.2 Å². The van der Waals surface area contributed by atoms with Crippen molar-refractivity contribution in [3.05, 3.63) is 65.6 Å². The van der Waals surface area contributed by atoms with Crippen molar-refractivity contribution in [3.63, 3.8) is 0 Å². The van der Waals surface area contributed by atoms with Crippen molar-refractivity contribution in [1.82, 2.24) is 25.2 Å². The van der Waals surface area contributed by atoms with Crippen LogP contribution in [0.25, 0.3) is 0 Å². The predicted molar refractivity (Wildman–Crippen MR) is 146 cm³/mol. The largest absolute Gasteiger partial charge is 0.490 e. The van der Waals surface area contributed by atoms with Crippen molar-refractivity contribution in [3.8, 4) is 17.2 Å². The summed E-state index contributed by atoms with van der Waals surface area (Å²) in [5.74, 6) is 1.47. The second kappa shape index (κ2) is 11.9. The normalized spacial score (nSPS) is 15.7. The van der Waals surface area contributed by atoms with Crippen molar-refractivity contribution >= 4 is 11.7 Å². The van der Waals surface area contributed by atoms with E-state index in [-0.39, 0.29) is 29.4 Å². The van der Waals surface area contributed by atoms with Gasteiger partial charge in [0.05, 0.1) is 17.5 Å². The molecule has 1 amide bonds. The number of ether oxygens (including phenoxy) is 2. The average molecular weight is 535 g/mol. The molecule has 4 heterocycles. The third kappa shape index (κ3) is 5.95. The first-order chi connectivity index (χ1) is 18.9. The number of pyridine rings is 1. The number of rotatable bonds is 8. The number of hydrogen-bond donors (Lipinski definition) is 1. The Morgan fingerprint density at radius 1 is 1.18 bits per heavy atom. The molecule has 1 saturated heterocycles. The SMILES string of the molecule is CCN(C(=O)c1cc(F)ccc1Oc1cncnc1N1CCC(Oc2ccnc3c2CCNC3)CC1)C(C)C. The summed E-state index contributed by atoms with van der Waals surface area (Å²) in [7, 11) is 0. The zero-order chi connectivity index (χ0) is 27.4. The second-order valence-corrected chi connectivity index (χ2v) is 10.1. The third-order valence-corrected chi connectivity index (χ3v) is 7.26. The molecule has 206 valence electrons. The summed E-state index contributed by atoms with van der Waals surface area (Å²) in [5, 5.41) is 3.36. The van der Waals surface area contributed by atoms with Crippen LogP contribution in [0.15, 0.2) is 43.0 Å². The summed E-state index contributed by atoms with van der Waals surface area (Å²) >= 11 is 0. The molecular formula is C29H35FN6O3. The summed E-state index contributed by atoms with van der Waals surface area (Å²) in [6.45, 7) is 9.40. The molecule has 0 unspecified atom stereocenters. The summed E-state index contributed by atoms with van der Waals surface area (Å²) in [6, 6.07) is 5.93. The van der Waals surface area contributed by atoms with Crippen LogP contribution in [0.5, 0.6) is 17.2 Å². The lowest BCUT2D eigenvalue weighted by Crippen LogP contribution is -2.39. The molecule has 1 fully saturated rings. The highest BCUT2D eigenvalue weighted by Crippen LogP contribution is 2.35. The first kappa shape index (κ1) is 26.8. The maximum Gasteiger partial charge on any atom is 0.257 e. The van der Waals surface area contributed by atoms with Crippen LogP contribution in [0.3, 0.4) is 0 Å². The lowest BCUT2D eigenvalue weighted by Gasteiger charge is -2.34. The van der Waals surface area contributed by atoms with E-state index in [0.717, 1.165) is 56.9 Å². The number of carbonyl (C=O) groups excluding carboxylic acids is 1. The number of hydrogen-bond acceptors (Lipinski definition) is 8. The lowest BCUT2D eigenvalue weighted by atomic mass is 10.0. The molecule has 0 bridgehead atoms. The van der Waals surface area contributed by atoms with Crippen molar-refractivity contribution in [1.29, 1.82) is 0 Å². The molecule has 1 aromatic carbocycles. The van der Waals surface area contributed by atoms with E-state index in [0.29, 0.717) is 18.1 Å². The van der Waals surface area contributed by atoms with Crippen LogP contribution < -0.4 is 19.7 Å². The highest BCUT2D eigenvalue weighted by Gasteiger charge is 2.27. The van der Waals surface area contributed by atoms with Gasteiger partial charge in [0.25, 0.3) is 5.91 Å².